The maximum absolute atomic E-state index is 7.36. The summed E-state index contributed by atoms with van der Waals surface area (Å²) in [5.41, 5.74) is 0.877. The van der Waals surface area contributed by atoms with Crippen molar-refractivity contribution in [3.63, 3.8) is 0 Å². The Hall–Kier alpha value is -0.370. The highest BCUT2D eigenvalue weighted by Gasteiger charge is 1.93. The smallest absolute Gasteiger partial charge is 0.00869 e. The summed E-state index contributed by atoms with van der Waals surface area (Å²) in [4.78, 5) is 2.16. The minimum absolute atomic E-state index is 0.877. The zero-order chi connectivity index (χ0) is 7.98. The van der Waals surface area contributed by atoms with Crippen LogP contribution < -0.4 is 0 Å². The molecule has 0 aliphatic rings. The largest absolute Gasteiger partial charge is 0.310 e. The average molecular weight is 142 g/mol. The van der Waals surface area contributed by atoms with Crippen LogP contribution in [0.25, 0.3) is 0 Å². The van der Waals surface area contributed by atoms with Crippen LogP contribution in [0.5, 0.6) is 0 Å². The van der Waals surface area contributed by atoms with E-state index in [0.717, 1.165) is 31.5 Å². The fourth-order valence-corrected chi connectivity index (χ4v) is 0.785. The Morgan fingerprint density at radius 2 is 2.00 bits per heavy atom. The van der Waals surface area contributed by atoms with Gasteiger partial charge in [0.1, 0.15) is 0 Å². The SMILES string of the molecule is CCC(=N)CCCN(C)C. The maximum Gasteiger partial charge on any atom is 0.00869 e. The molecule has 60 valence electrons. The monoisotopic (exact) mass is 142 g/mol. The van der Waals surface area contributed by atoms with Crippen molar-refractivity contribution in [1.82, 2.24) is 4.90 Å². The summed E-state index contributed by atoms with van der Waals surface area (Å²) >= 11 is 0. The van der Waals surface area contributed by atoms with E-state index < -0.39 is 0 Å². The van der Waals surface area contributed by atoms with Gasteiger partial charge in [0, 0.05) is 5.71 Å². The summed E-state index contributed by atoms with van der Waals surface area (Å²) in [5, 5.41) is 7.36. The van der Waals surface area contributed by atoms with E-state index in [1.807, 2.05) is 6.92 Å². The third-order valence-electron chi connectivity index (χ3n) is 1.51. The van der Waals surface area contributed by atoms with Gasteiger partial charge in [0.25, 0.3) is 0 Å². The van der Waals surface area contributed by atoms with E-state index in [2.05, 4.69) is 19.0 Å². The molecule has 0 amide bonds. The summed E-state index contributed by atoms with van der Waals surface area (Å²) in [6, 6.07) is 0. The second-order valence-electron chi connectivity index (χ2n) is 2.86. The molecule has 1 N–H and O–H groups in total. The molecule has 10 heavy (non-hydrogen) atoms. The van der Waals surface area contributed by atoms with Crippen LogP contribution in [0.3, 0.4) is 0 Å². The van der Waals surface area contributed by atoms with Gasteiger partial charge in [0.2, 0.25) is 0 Å². The Balaban J connectivity index is 3.12. The van der Waals surface area contributed by atoms with Gasteiger partial charge in [-0.1, -0.05) is 6.92 Å². The molecule has 0 rings (SSSR count). The molecule has 0 fully saturated rings. The van der Waals surface area contributed by atoms with Crippen LogP contribution >= 0.6 is 0 Å². The van der Waals surface area contributed by atoms with E-state index in [0.29, 0.717) is 0 Å². The maximum atomic E-state index is 7.36. The lowest BCUT2D eigenvalue weighted by Crippen LogP contribution is -2.13. The van der Waals surface area contributed by atoms with Crippen molar-refractivity contribution in [3.05, 3.63) is 0 Å². The molecular formula is C8H18N2. The van der Waals surface area contributed by atoms with E-state index in [-0.39, 0.29) is 0 Å². The molecule has 2 nitrogen and oxygen atoms in total. The predicted molar refractivity (Wildman–Crippen MR) is 45.8 cm³/mol. The summed E-state index contributed by atoms with van der Waals surface area (Å²) in [6.45, 7) is 3.14. The molecule has 0 radical (unpaired) electrons. The Labute approximate surface area is 63.7 Å². The molecular weight excluding hydrogens is 124 g/mol. The normalized spacial score (nSPS) is 10.4. The second kappa shape index (κ2) is 5.42. The van der Waals surface area contributed by atoms with Crippen molar-refractivity contribution >= 4 is 5.71 Å². The number of hydrogen-bond acceptors (Lipinski definition) is 2. The third-order valence-corrected chi connectivity index (χ3v) is 1.51. The zero-order valence-corrected chi connectivity index (χ0v) is 7.28. The first kappa shape index (κ1) is 9.63. The summed E-state index contributed by atoms with van der Waals surface area (Å²) in [6.07, 6.45) is 3.00. The lowest BCUT2D eigenvalue weighted by Gasteiger charge is -2.08. The Morgan fingerprint density at radius 1 is 1.40 bits per heavy atom. The zero-order valence-electron chi connectivity index (χ0n) is 7.28. The van der Waals surface area contributed by atoms with E-state index in [1.54, 1.807) is 0 Å². The first-order chi connectivity index (χ1) is 4.66. The van der Waals surface area contributed by atoms with Crippen molar-refractivity contribution in [2.75, 3.05) is 20.6 Å². The van der Waals surface area contributed by atoms with Crippen LogP contribution in [0.15, 0.2) is 0 Å². The number of hydrogen-bond donors (Lipinski definition) is 1. The van der Waals surface area contributed by atoms with Gasteiger partial charge in [-0.2, -0.15) is 0 Å². The minimum Gasteiger partial charge on any atom is -0.310 e. The fraction of sp³-hybridized carbons (Fsp3) is 0.875. The van der Waals surface area contributed by atoms with Crippen LogP contribution in [0.4, 0.5) is 0 Å². The second-order valence-corrected chi connectivity index (χ2v) is 2.86. The predicted octanol–water partition coefficient (Wildman–Crippen LogP) is 1.76. The highest BCUT2D eigenvalue weighted by atomic mass is 15.0. The molecule has 0 bridgehead atoms. The first-order valence-electron chi connectivity index (χ1n) is 3.87. The minimum atomic E-state index is 0.877. The van der Waals surface area contributed by atoms with Gasteiger partial charge in [-0.25, -0.2) is 0 Å². The summed E-state index contributed by atoms with van der Waals surface area (Å²) in [5.74, 6) is 0. The molecule has 0 atom stereocenters. The average Bonchev–Trinajstić information content (AvgIpc) is 1.87. The van der Waals surface area contributed by atoms with Crippen LogP contribution in [-0.2, 0) is 0 Å². The van der Waals surface area contributed by atoms with Crippen LogP contribution in [0.2, 0.25) is 0 Å². The van der Waals surface area contributed by atoms with Gasteiger partial charge < -0.3 is 10.3 Å². The van der Waals surface area contributed by atoms with Gasteiger partial charge in [0.15, 0.2) is 0 Å². The van der Waals surface area contributed by atoms with E-state index in [4.69, 9.17) is 5.41 Å². The molecule has 0 aromatic carbocycles. The molecule has 0 unspecified atom stereocenters. The van der Waals surface area contributed by atoms with E-state index in [9.17, 15) is 0 Å². The molecule has 0 saturated heterocycles. The van der Waals surface area contributed by atoms with Gasteiger partial charge in [-0.3, -0.25) is 0 Å². The topological polar surface area (TPSA) is 27.1 Å². The van der Waals surface area contributed by atoms with Crippen molar-refractivity contribution in [2.24, 2.45) is 0 Å². The Bertz CT molecular complexity index is 97.4. The number of nitrogens with one attached hydrogen (secondary N) is 1. The van der Waals surface area contributed by atoms with Crippen molar-refractivity contribution in [2.45, 2.75) is 26.2 Å². The highest BCUT2D eigenvalue weighted by molar-refractivity contribution is 5.80. The molecule has 0 aliphatic heterocycles. The molecule has 0 aromatic heterocycles. The molecule has 0 aliphatic carbocycles. The highest BCUT2D eigenvalue weighted by Crippen LogP contribution is 1.95. The molecule has 0 aromatic rings. The van der Waals surface area contributed by atoms with E-state index in [1.165, 1.54) is 0 Å². The lowest BCUT2D eigenvalue weighted by molar-refractivity contribution is 0.403. The fourth-order valence-electron chi connectivity index (χ4n) is 0.785. The van der Waals surface area contributed by atoms with E-state index >= 15 is 0 Å². The van der Waals surface area contributed by atoms with Crippen LogP contribution in [0, 0.1) is 5.41 Å². The molecule has 0 heterocycles. The lowest BCUT2D eigenvalue weighted by atomic mass is 10.2. The third kappa shape index (κ3) is 5.76. The van der Waals surface area contributed by atoms with Gasteiger partial charge in [0.05, 0.1) is 0 Å². The van der Waals surface area contributed by atoms with Gasteiger partial charge >= 0.3 is 0 Å². The first-order valence-corrected chi connectivity index (χ1v) is 3.87. The van der Waals surface area contributed by atoms with Crippen molar-refractivity contribution in [1.29, 1.82) is 5.41 Å². The quantitative estimate of drug-likeness (QED) is 0.582. The van der Waals surface area contributed by atoms with Crippen LogP contribution in [-0.4, -0.2) is 31.3 Å². The summed E-state index contributed by atoms with van der Waals surface area (Å²) < 4.78 is 0. The van der Waals surface area contributed by atoms with Crippen molar-refractivity contribution < 1.29 is 0 Å². The molecule has 0 spiro atoms. The summed E-state index contributed by atoms with van der Waals surface area (Å²) in [7, 11) is 4.13. The van der Waals surface area contributed by atoms with Crippen molar-refractivity contribution in [3.8, 4) is 0 Å². The van der Waals surface area contributed by atoms with Crippen LogP contribution in [0.1, 0.15) is 26.2 Å². The molecule has 0 saturated carbocycles. The van der Waals surface area contributed by atoms with Gasteiger partial charge in [-0.15, -0.1) is 0 Å². The molecule has 2 heteroatoms. The number of nitrogens with zero attached hydrogens (tertiary/aromatic N) is 1. The number of rotatable bonds is 5. The Kier molecular flexibility index (Phi) is 5.22. The standard InChI is InChI=1S/C8H18N2/c1-4-8(9)6-5-7-10(2)3/h9H,4-7H2,1-3H3. The van der Waals surface area contributed by atoms with Gasteiger partial charge in [-0.05, 0) is 39.9 Å². The Morgan fingerprint density at radius 3 is 2.40 bits per heavy atom.